The van der Waals surface area contributed by atoms with Gasteiger partial charge in [-0.25, -0.2) is 15.2 Å². The highest BCUT2D eigenvalue weighted by molar-refractivity contribution is 6.06. The van der Waals surface area contributed by atoms with Crippen LogP contribution in [0.4, 0.5) is 4.79 Å². The highest BCUT2D eigenvalue weighted by Crippen LogP contribution is 2.72. The first-order valence-electron chi connectivity index (χ1n) is 9.90. The van der Waals surface area contributed by atoms with E-state index >= 15 is 0 Å². The first-order valence-corrected chi connectivity index (χ1v) is 9.90. The summed E-state index contributed by atoms with van der Waals surface area (Å²) in [5.41, 5.74) is 3.59. The Morgan fingerprint density at radius 1 is 1.32 bits per heavy atom. The molecule has 1 saturated carbocycles. The molecule has 0 unspecified atom stereocenters. The average molecular weight is 421 g/mol. The number of rotatable bonds is 4. The van der Waals surface area contributed by atoms with Crippen molar-refractivity contribution in [3.8, 4) is 17.9 Å². The summed E-state index contributed by atoms with van der Waals surface area (Å²) in [7, 11) is 1.54. The fourth-order valence-electron chi connectivity index (χ4n) is 6.18. The molecule has 4 aliphatic rings. The minimum Gasteiger partial charge on any atom is -0.497 e. The normalized spacial score (nSPS) is 35.4. The number of amidine groups is 1. The maximum Gasteiger partial charge on any atom is 0.331 e. The predicted octanol–water partition coefficient (Wildman–Crippen LogP) is 1.18. The molecule has 0 aromatic heterocycles. The molecule has 1 spiro atoms. The maximum atomic E-state index is 13.4. The van der Waals surface area contributed by atoms with E-state index in [1.54, 1.807) is 24.3 Å². The fraction of sp³-hybridized carbons (Fsp3) is 0.476. The monoisotopic (exact) mass is 421 g/mol. The van der Waals surface area contributed by atoms with Crippen molar-refractivity contribution in [3.63, 3.8) is 0 Å². The lowest BCUT2D eigenvalue weighted by molar-refractivity contribution is -0.135. The third-order valence-electron chi connectivity index (χ3n) is 7.08. The summed E-state index contributed by atoms with van der Waals surface area (Å²) >= 11 is 0. The van der Waals surface area contributed by atoms with Crippen molar-refractivity contribution in [2.45, 2.75) is 31.8 Å². The van der Waals surface area contributed by atoms with Gasteiger partial charge in [-0.1, -0.05) is 26.0 Å². The summed E-state index contributed by atoms with van der Waals surface area (Å²) < 4.78 is 5.22. The molecule has 3 heterocycles. The number of carbonyl (C=O) groups excluding carboxylic acids is 2. The third-order valence-corrected chi connectivity index (χ3v) is 7.08. The molecule has 31 heavy (non-hydrogen) atoms. The minimum absolute atomic E-state index is 0.214. The molecule has 3 bridgehead atoms. The molecule has 0 radical (unpaired) electrons. The Bertz CT molecular complexity index is 1070. The van der Waals surface area contributed by atoms with Crippen LogP contribution in [0, 0.1) is 50.7 Å². The number of nitriles is 2. The van der Waals surface area contributed by atoms with Gasteiger partial charge in [0.15, 0.2) is 10.8 Å². The summed E-state index contributed by atoms with van der Waals surface area (Å²) in [5.74, 6) is -1.83. The smallest absolute Gasteiger partial charge is 0.331 e. The first kappa shape index (κ1) is 20.5. The van der Waals surface area contributed by atoms with E-state index in [1.165, 1.54) is 12.1 Å². The SMILES string of the molecule is COc1ccc([C@H]2C[C@@]34NC(=O)[C@@](C#N)([C@@H]3C(C)C)[C@@]2(C#N)C(=N)N4NC(N)=O)cc1. The topological polar surface area (TPSA) is 168 Å². The van der Waals surface area contributed by atoms with Crippen LogP contribution < -0.4 is 21.2 Å². The second kappa shape index (κ2) is 6.35. The Labute approximate surface area is 179 Å². The Morgan fingerprint density at radius 3 is 2.42 bits per heavy atom. The van der Waals surface area contributed by atoms with Crippen molar-refractivity contribution in [2.75, 3.05) is 7.11 Å². The maximum absolute atomic E-state index is 13.4. The molecule has 5 N–H and O–H groups in total. The lowest BCUT2D eigenvalue weighted by Crippen LogP contribution is -2.80. The van der Waals surface area contributed by atoms with Crippen molar-refractivity contribution < 1.29 is 14.3 Å². The quantitative estimate of drug-likeness (QED) is 0.569. The number of carbonyl (C=O) groups is 2. The number of nitrogens with one attached hydrogen (secondary N) is 3. The molecule has 3 saturated heterocycles. The van der Waals surface area contributed by atoms with Crippen LogP contribution in [0.3, 0.4) is 0 Å². The molecule has 4 fully saturated rings. The first-order chi connectivity index (χ1) is 14.7. The van der Waals surface area contributed by atoms with Gasteiger partial charge in [0.2, 0.25) is 5.91 Å². The van der Waals surface area contributed by atoms with Crippen molar-refractivity contribution in [3.05, 3.63) is 29.8 Å². The number of ether oxygens (including phenoxy) is 1. The van der Waals surface area contributed by atoms with Crippen molar-refractivity contribution >= 4 is 17.8 Å². The van der Waals surface area contributed by atoms with E-state index in [-0.39, 0.29) is 18.2 Å². The van der Waals surface area contributed by atoms with Crippen LogP contribution in [-0.2, 0) is 4.79 Å². The summed E-state index contributed by atoms with van der Waals surface area (Å²) in [5, 5.41) is 34.0. The number of benzene rings is 1. The number of hydrogen-bond acceptors (Lipinski definition) is 6. The molecule has 160 valence electrons. The summed E-state index contributed by atoms with van der Waals surface area (Å²) in [6, 6.07) is 10.5. The van der Waals surface area contributed by atoms with Crippen LogP contribution in [0.5, 0.6) is 5.75 Å². The van der Waals surface area contributed by atoms with Crippen molar-refractivity contribution in [2.24, 2.45) is 28.4 Å². The van der Waals surface area contributed by atoms with Gasteiger partial charge in [-0.3, -0.25) is 10.2 Å². The second-order valence-corrected chi connectivity index (χ2v) is 8.63. The third kappa shape index (κ3) is 2.12. The number of nitrogens with two attached hydrogens (primary N) is 1. The van der Waals surface area contributed by atoms with E-state index in [2.05, 4.69) is 22.9 Å². The summed E-state index contributed by atoms with van der Waals surface area (Å²) in [6.45, 7) is 3.72. The zero-order chi connectivity index (χ0) is 22.8. The van der Waals surface area contributed by atoms with Gasteiger partial charge in [0.1, 0.15) is 17.2 Å². The number of piperidine rings is 2. The minimum atomic E-state index is -1.84. The van der Waals surface area contributed by atoms with Gasteiger partial charge in [-0.15, -0.1) is 0 Å². The Kier molecular flexibility index (Phi) is 4.20. The molecular formula is C21H23N7O3. The van der Waals surface area contributed by atoms with Gasteiger partial charge in [0, 0.05) is 18.3 Å². The number of fused-ring (bicyclic) bond motifs is 2. The molecule has 1 aromatic rings. The largest absolute Gasteiger partial charge is 0.497 e. The van der Waals surface area contributed by atoms with Crippen LogP contribution in [0.2, 0.25) is 0 Å². The fourth-order valence-corrected chi connectivity index (χ4v) is 6.18. The Balaban J connectivity index is 2.03. The lowest BCUT2D eigenvalue weighted by atomic mass is 9.42. The van der Waals surface area contributed by atoms with Crippen molar-refractivity contribution in [1.82, 2.24) is 15.8 Å². The number of amides is 3. The van der Waals surface area contributed by atoms with E-state index in [1.807, 2.05) is 13.8 Å². The van der Waals surface area contributed by atoms with Gasteiger partial charge in [-0.05, 0) is 23.6 Å². The molecule has 3 aliphatic heterocycles. The average Bonchev–Trinajstić information content (AvgIpc) is 2.92. The highest BCUT2D eigenvalue weighted by Gasteiger charge is 2.86. The molecule has 1 aliphatic carbocycles. The van der Waals surface area contributed by atoms with E-state index in [9.17, 15) is 20.1 Å². The molecule has 1 aromatic carbocycles. The van der Waals surface area contributed by atoms with Gasteiger partial charge in [0.25, 0.3) is 0 Å². The van der Waals surface area contributed by atoms with Crippen LogP contribution in [0.25, 0.3) is 0 Å². The summed E-state index contributed by atoms with van der Waals surface area (Å²) in [6.07, 6.45) is 0.216. The number of nitrogens with zero attached hydrogens (tertiary/aromatic N) is 3. The number of primary amides is 1. The summed E-state index contributed by atoms with van der Waals surface area (Å²) in [4.78, 5) is 25.2. The number of methoxy groups -OCH3 is 1. The van der Waals surface area contributed by atoms with Gasteiger partial charge in [-0.2, -0.15) is 10.5 Å². The number of hydrazine groups is 1. The van der Waals surface area contributed by atoms with Crippen LogP contribution in [0.1, 0.15) is 31.7 Å². The van der Waals surface area contributed by atoms with E-state index in [4.69, 9.17) is 15.9 Å². The molecule has 10 nitrogen and oxygen atoms in total. The molecule has 10 heteroatoms. The highest BCUT2D eigenvalue weighted by atomic mass is 16.5. The zero-order valence-corrected chi connectivity index (χ0v) is 17.4. The predicted molar refractivity (Wildman–Crippen MR) is 108 cm³/mol. The zero-order valence-electron chi connectivity index (χ0n) is 17.4. The number of urea groups is 1. The van der Waals surface area contributed by atoms with Crippen LogP contribution >= 0.6 is 0 Å². The van der Waals surface area contributed by atoms with E-state index in [0.717, 1.165) is 0 Å². The molecular weight excluding hydrogens is 398 g/mol. The van der Waals surface area contributed by atoms with Gasteiger partial charge >= 0.3 is 6.03 Å². The number of hydrogen-bond donors (Lipinski definition) is 4. The van der Waals surface area contributed by atoms with E-state index in [0.29, 0.717) is 11.3 Å². The van der Waals surface area contributed by atoms with E-state index < -0.39 is 40.3 Å². The second-order valence-electron chi connectivity index (χ2n) is 8.63. The molecule has 5 atom stereocenters. The Hall–Kier alpha value is -3.79. The van der Waals surface area contributed by atoms with Gasteiger partial charge in [0.05, 0.1) is 19.2 Å². The molecule has 5 rings (SSSR count). The van der Waals surface area contributed by atoms with Crippen LogP contribution in [0.15, 0.2) is 24.3 Å². The lowest BCUT2D eigenvalue weighted by Gasteiger charge is -2.64. The molecule has 3 amide bonds. The van der Waals surface area contributed by atoms with Crippen LogP contribution in [-0.4, -0.2) is 35.6 Å². The standard InChI is InChI=1S/C21H23N7O3/c1-11(2)15-20(10-23)17(29)26-21(15)8-14(12-4-6-13(31-3)7-5-12)19(20,9-22)16(24)28(21)27-18(25)30/h4-7,11,14-15,24H,8H2,1-3H3,(H,26,29)(H3,25,27,30)/t14-,15+,19-,20-,21+/m1/s1. The Morgan fingerprint density at radius 2 is 1.94 bits per heavy atom. The van der Waals surface area contributed by atoms with Crippen molar-refractivity contribution in [1.29, 1.82) is 15.9 Å². The van der Waals surface area contributed by atoms with Gasteiger partial charge < -0.3 is 15.8 Å².